The van der Waals surface area contributed by atoms with Crippen molar-refractivity contribution in [1.29, 1.82) is 0 Å². The zero-order valence-corrected chi connectivity index (χ0v) is 10.7. The van der Waals surface area contributed by atoms with Gasteiger partial charge in [0.15, 0.2) is 0 Å². The van der Waals surface area contributed by atoms with Crippen LogP contribution in [0.3, 0.4) is 0 Å². The molecule has 1 aromatic heterocycles. The van der Waals surface area contributed by atoms with Crippen LogP contribution < -0.4 is 5.32 Å². The quantitative estimate of drug-likeness (QED) is 0.920. The molecule has 19 heavy (non-hydrogen) atoms. The Morgan fingerprint density at radius 1 is 1.32 bits per heavy atom. The van der Waals surface area contributed by atoms with Crippen molar-refractivity contribution in [3.8, 4) is 0 Å². The van der Waals surface area contributed by atoms with Gasteiger partial charge in [-0.15, -0.1) is 0 Å². The fourth-order valence-corrected chi connectivity index (χ4v) is 1.71. The number of halogens is 1. The van der Waals surface area contributed by atoms with Gasteiger partial charge in [0, 0.05) is 12.4 Å². The molecule has 0 aliphatic rings. The van der Waals surface area contributed by atoms with Gasteiger partial charge in [-0.3, -0.25) is 9.78 Å². The first-order chi connectivity index (χ1) is 8.99. The van der Waals surface area contributed by atoms with E-state index in [0.29, 0.717) is 5.56 Å². The second-order valence-corrected chi connectivity index (χ2v) is 4.68. The highest BCUT2D eigenvalue weighted by molar-refractivity contribution is 5.92. The van der Waals surface area contributed by atoms with E-state index in [2.05, 4.69) is 15.3 Å². The first-order valence-corrected chi connectivity index (χ1v) is 5.83. The van der Waals surface area contributed by atoms with Gasteiger partial charge >= 0.3 is 0 Å². The highest BCUT2D eigenvalue weighted by atomic mass is 19.1. The van der Waals surface area contributed by atoms with Gasteiger partial charge in [-0.25, -0.2) is 9.37 Å². The number of benzene rings is 1. The van der Waals surface area contributed by atoms with E-state index in [1.54, 1.807) is 26.0 Å². The maximum atomic E-state index is 13.2. The number of aromatic nitrogens is 2. The molecule has 0 aliphatic heterocycles. The van der Waals surface area contributed by atoms with Crippen LogP contribution in [0.15, 0.2) is 42.9 Å². The van der Waals surface area contributed by atoms with Crippen LogP contribution in [0.25, 0.3) is 0 Å². The third kappa shape index (κ3) is 3.13. The van der Waals surface area contributed by atoms with Crippen molar-refractivity contribution < 1.29 is 9.18 Å². The number of hydrogen-bond donors (Lipinski definition) is 1. The van der Waals surface area contributed by atoms with Crippen LogP contribution in [0.1, 0.15) is 29.9 Å². The Kier molecular flexibility index (Phi) is 3.55. The molecule has 98 valence electrons. The largest absolute Gasteiger partial charge is 0.342 e. The number of nitrogens with zero attached hydrogens (tertiary/aromatic N) is 2. The minimum absolute atomic E-state index is 0.229. The van der Waals surface area contributed by atoms with Crippen LogP contribution in [0, 0.1) is 5.82 Å². The first kappa shape index (κ1) is 13.1. The lowest BCUT2D eigenvalue weighted by molar-refractivity contribution is 0.0906. The Balaban J connectivity index is 2.20. The summed E-state index contributed by atoms with van der Waals surface area (Å²) in [5.74, 6) is -0.679. The monoisotopic (exact) mass is 259 g/mol. The van der Waals surface area contributed by atoms with Crippen LogP contribution in [0.5, 0.6) is 0 Å². The molecule has 0 radical (unpaired) electrons. The Hall–Kier alpha value is -2.30. The molecule has 1 heterocycles. The number of carbonyl (C=O) groups excluding carboxylic acids is 1. The Labute approximate surface area is 110 Å². The standard InChI is InChI=1S/C14H14FN3O/c1-14(2,10-4-3-5-11(15)8-10)18-13(19)12-9-16-6-7-17-12/h3-9H,1-2H3,(H,18,19). The van der Waals surface area contributed by atoms with Gasteiger partial charge in [0.1, 0.15) is 11.5 Å². The van der Waals surface area contributed by atoms with Gasteiger partial charge in [0.2, 0.25) is 0 Å². The molecule has 0 fully saturated rings. The summed E-state index contributed by atoms with van der Waals surface area (Å²) >= 11 is 0. The fourth-order valence-electron chi connectivity index (χ4n) is 1.71. The fraction of sp³-hybridized carbons (Fsp3) is 0.214. The van der Waals surface area contributed by atoms with Gasteiger partial charge in [-0.2, -0.15) is 0 Å². The van der Waals surface area contributed by atoms with E-state index in [1.807, 2.05) is 0 Å². The average Bonchev–Trinajstić information content (AvgIpc) is 2.39. The van der Waals surface area contributed by atoms with Crippen LogP contribution in [0.2, 0.25) is 0 Å². The Morgan fingerprint density at radius 2 is 2.11 bits per heavy atom. The van der Waals surface area contributed by atoms with Gasteiger partial charge in [0.25, 0.3) is 5.91 Å². The maximum Gasteiger partial charge on any atom is 0.272 e. The number of amides is 1. The first-order valence-electron chi connectivity index (χ1n) is 5.83. The number of carbonyl (C=O) groups is 1. The van der Waals surface area contributed by atoms with Gasteiger partial charge in [0.05, 0.1) is 11.7 Å². The highest BCUT2D eigenvalue weighted by Gasteiger charge is 2.24. The molecule has 5 heteroatoms. The molecule has 0 unspecified atom stereocenters. The van der Waals surface area contributed by atoms with Crippen molar-refractivity contribution in [1.82, 2.24) is 15.3 Å². The molecular weight excluding hydrogens is 245 g/mol. The summed E-state index contributed by atoms with van der Waals surface area (Å²) in [4.78, 5) is 19.8. The van der Waals surface area contributed by atoms with Crippen molar-refractivity contribution in [2.75, 3.05) is 0 Å². The minimum atomic E-state index is -0.698. The molecule has 0 bridgehead atoms. The average molecular weight is 259 g/mol. The van der Waals surface area contributed by atoms with Crippen molar-refractivity contribution in [2.45, 2.75) is 19.4 Å². The predicted molar refractivity (Wildman–Crippen MR) is 68.9 cm³/mol. The van der Waals surface area contributed by atoms with Crippen LogP contribution in [0.4, 0.5) is 4.39 Å². The predicted octanol–water partition coefficient (Wildman–Crippen LogP) is 2.28. The van der Waals surface area contributed by atoms with E-state index in [1.165, 1.54) is 30.7 Å². The SMILES string of the molecule is CC(C)(NC(=O)c1cnccn1)c1cccc(F)c1. The molecule has 2 rings (SSSR count). The van der Waals surface area contributed by atoms with Crippen LogP contribution in [-0.4, -0.2) is 15.9 Å². The van der Waals surface area contributed by atoms with Crippen molar-refractivity contribution >= 4 is 5.91 Å². The molecule has 4 nitrogen and oxygen atoms in total. The third-order valence-electron chi connectivity index (χ3n) is 2.77. The minimum Gasteiger partial charge on any atom is -0.342 e. The van der Waals surface area contributed by atoms with Gasteiger partial charge in [-0.1, -0.05) is 12.1 Å². The van der Waals surface area contributed by atoms with E-state index in [9.17, 15) is 9.18 Å². The van der Waals surface area contributed by atoms with Crippen LogP contribution >= 0.6 is 0 Å². The summed E-state index contributed by atoms with van der Waals surface area (Å²) in [6, 6.07) is 6.14. The number of rotatable bonds is 3. The summed E-state index contributed by atoms with van der Waals surface area (Å²) in [6.45, 7) is 3.60. The zero-order valence-electron chi connectivity index (χ0n) is 10.7. The van der Waals surface area contributed by atoms with Gasteiger partial charge in [-0.05, 0) is 31.5 Å². The van der Waals surface area contributed by atoms with E-state index in [0.717, 1.165) is 0 Å². The summed E-state index contributed by atoms with van der Waals surface area (Å²) in [5.41, 5.74) is 0.216. The van der Waals surface area contributed by atoms with Gasteiger partial charge < -0.3 is 5.32 Å². The van der Waals surface area contributed by atoms with E-state index in [-0.39, 0.29) is 17.4 Å². The topological polar surface area (TPSA) is 54.9 Å². The van der Waals surface area contributed by atoms with Crippen molar-refractivity contribution in [3.63, 3.8) is 0 Å². The second-order valence-electron chi connectivity index (χ2n) is 4.68. The maximum absolute atomic E-state index is 13.2. The lowest BCUT2D eigenvalue weighted by Gasteiger charge is -2.26. The Bertz CT molecular complexity index is 584. The normalized spacial score (nSPS) is 11.1. The molecule has 1 N–H and O–H groups in total. The van der Waals surface area contributed by atoms with Crippen molar-refractivity contribution in [3.05, 3.63) is 59.9 Å². The summed E-state index contributed by atoms with van der Waals surface area (Å²) in [7, 11) is 0. The molecular formula is C14H14FN3O. The van der Waals surface area contributed by atoms with E-state index in [4.69, 9.17) is 0 Å². The lowest BCUT2D eigenvalue weighted by atomic mass is 9.94. The van der Waals surface area contributed by atoms with E-state index >= 15 is 0 Å². The smallest absolute Gasteiger partial charge is 0.272 e. The number of hydrogen-bond acceptors (Lipinski definition) is 3. The summed E-state index contributed by atoms with van der Waals surface area (Å²) in [6.07, 6.45) is 4.33. The molecule has 0 aliphatic carbocycles. The number of nitrogens with one attached hydrogen (secondary N) is 1. The Morgan fingerprint density at radius 3 is 2.74 bits per heavy atom. The lowest BCUT2D eigenvalue weighted by Crippen LogP contribution is -2.41. The second kappa shape index (κ2) is 5.14. The summed E-state index contributed by atoms with van der Waals surface area (Å²) < 4.78 is 13.2. The molecule has 0 spiro atoms. The highest BCUT2D eigenvalue weighted by Crippen LogP contribution is 2.21. The molecule has 0 saturated heterocycles. The van der Waals surface area contributed by atoms with E-state index < -0.39 is 5.54 Å². The van der Waals surface area contributed by atoms with Crippen molar-refractivity contribution in [2.24, 2.45) is 0 Å². The molecule has 1 amide bonds. The molecule has 0 saturated carbocycles. The van der Waals surface area contributed by atoms with Crippen LogP contribution in [-0.2, 0) is 5.54 Å². The zero-order chi connectivity index (χ0) is 13.9. The molecule has 1 aromatic carbocycles. The summed E-state index contributed by atoms with van der Waals surface area (Å²) in [5, 5.41) is 2.81. The third-order valence-corrected chi connectivity index (χ3v) is 2.77. The molecule has 0 atom stereocenters. The molecule has 2 aromatic rings.